The highest BCUT2D eigenvalue weighted by molar-refractivity contribution is 8.00. The number of carbonyl (C=O) groups excluding carboxylic acids is 1. The van der Waals surface area contributed by atoms with Crippen LogP contribution in [0.25, 0.3) is 0 Å². The van der Waals surface area contributed by atoms with Crippen LogP contribution in [0.1, 0.15) is 18.4 Å². The summed E-state index contributed by atoms with van der Waals surface area (Å²) in [5.74, 6) is 0.175. The summed E-state index contributed by atoms with van der Waals surface area (Å²) in [6.07, 6.45) is 3.05. The van der Waals surface area contributed by atoms with E-state index >= 15 is 0 Å². The van der Waals surface area contributed by atoms with E-state index in [0.717, 1.165) is 18.4 Å². The highest BCUT2D eigenvalue weighted by Crippen LogP contribution is 2.34. The first-order valence-electron chi connectivity index (χ1n) is 7.58. The van der Waals surface area contributed by atoms with E-state index in [9.17, 15) is 9.90 Å². The number of hydrogen-bond acceptors (Lipinski definition) is 5. The van der Waals surface area contributed by atoms with Crippen molar-refractivity contribution in [1.29, 1.82) is 0 Å². The summed E-state index contributed by atoms with van der Waals surface area (Å²) in [6, 6.07) is 9.54. The number of thioether (sulfide) groups is 1. The van der Waals surface area contributed by atoms with E-state index in [2.05, 4.69) is 11.9 Å². The van der Waals surface area contributed by atoms with Crippen molar-refractivity contribution in [3.8, 4) is 0 Å². The smallest absolute Gasteiger partial charge is 0.408 e. The summed E-state index contributed by atoms with van der Waals surface area (Å²) in [7, 11) is 1.92. The second-order valence-electron chi connectivity index (χ2n) is 5.85. The molecule has 1 aliphatic rings. The average molecular weight is 336 g/mol. The summed E-state index contributed by atoms with van der Waals surface area (Å²) in [5.41, 5.74) is 0.957. The standard InChI is InChI=1S/C17H24N2O3S/c1-13(20)15-9-10-17(23-3,12-19(15)2)18-16(21)22-11-14-7-5-4-6-8-14/h4-8,15,20H,1,9-12H2,2-3H3,(H,18,21)/t15-,17-/m1/s1. The van der Waals surface area contributed by atoms with Crippen molar-refractivity contribution in [2.24, 2.45) is 0 Å². The summed E-state index contributed by atoms with van der Waals surface area (Å²) in [5, 5.41) is 12.6. The monoisotopic (exact) mass is 336 g/mol. The van der Waals surface area contributed by atoms with E-state index in [-0.39, 0.29) is 18.4 Å². The number of rotatable bonds is 5. The molecule has 1 aliphatic heterocycles. The number of likely N-dealkylation sites (N-methyl/N-ethyl adjacent to an activating group) is 1. The van der Waals surface area contributed by atoms with Crippen LogP contribution in [0.4, 0.5) is 4.79 Å². The quantitative estimate of drug-likeness (QED) is 0.639. The summed E-state index contributed by atoms with van der Waals surface area (Å²) >= 11 is 1.60. The van der Waals surface area contributed by atoms with Crippen LogP contribution < -0.4 is 5.32 Å². The van der Waals surface area contributed by atoms with Crippen LogP contribution in [-0.4, -0.2) is 46.9 Å². The fourth-order valence-corrected chi connectivity index (χ4v) is 3.71. The van der Waals surface area contributed by atoms with E-state index in [1.807, 2.05) is 48.5 Å². The molecule has 2 atom stereocenters. The number of alkyl carbamates (subject to hydrolysis) is 1. The Labute approximate surface area is 141 Å². The third-order valence-corrected chi connectivity index (χ3v) is 5.39. The van der Waals surface area contributed by atoms with Crippen LogP contribution in [0.3, 0.4) is 0 Å². The Kier molecular flexibility index (Phi) is 5.96. The van der Waals surface area contributed by atoms with Crippen LogP contribution in [0, 0.1) is 0 Å². The Bertz CT molecular complexity index is 552. The lowest BCUT2D eigenvalue weighted by Gasteiger charge is -2.44. The zero-order valence-corrected chi connectivity index (χ0v) is 14.4. The highest BCUT2D eigenvalue weighted by Gasteiger charge is 2.40. The van der Waals surface area contributed by atoms with Gasteiger partial charge in [0.05, 0.1) is 6.04 Å². The molecule has 0 spiro atoms. The van der Waals surface area contributed by atoms with Crippen molar-refractivity contribution < 1.29 is 14.6 Å². The van der Waals surface area contributed by atoms with Gasteiger partial charge >= 0.3 is 6.09 Å². The molecule has 0 unspecified atom stereocenters. The van der Waals surface area contributed by atoms with Gasteiger partial charge in [-0.1, -0.05) is 36.9 Å². The van der Waals surface area contributed by atoms with Gasteiger partial charge < -0.3 is 15.2 Å². The number of likely N-dealkylation sites (tertiary alicyclic amines) is 1. The molecular formula is C17H24N2O3S. The SMILES string of the molecule is C=C(O)[C@H]1CC[C@@](NC(=O)OCc2ccccc2)(SC)CN1C. The fraction of sp³-hybridized carbons (Fsp3) is 0.471. The lowest BCUT2D eigenvalue weighted by molar-refractivity contribution is 0.104. The maximum Gasteiger partial charge on any atom is 0.408 e. The molecule has 6 heteroatoms. The molecule has 0 bridgehead atoms. The first-order chi connectivity index (χ1) is 11.0. The average Bonchev–Trinajstić information content (AvgIpc) is 2.53. The number of aliphatic hydroxyl groups is 1. The molecule has 23 heavy (non-hydrogen) atoms. The van der Waals surface area contributed by atoms with Crippen molar-refractivity contribution >= 4 is 17.9 Å². The molecule has 1 aromatic carbocycles. The molecule has 0 aromatic heterocycles. The van der Waals surface area contributed by atoms with Crippen molar-refractivity contribution in [2.45, 2.75) is 30.4 Å². The second kappa shape index (κ2) is 7.75. The zero-order chi connectivity index (χ0) is 16.9. The van der Waals surface area contributed by atoms with Gasteiger partial charge in [0.1, 0.15) is 17.2 Å². The van der Waals surface area contributed by atoms with Gasteiger partial charge in [-0.05, 0) is 31.7 Å². The molecule has 0 radical (unpaired) electrons. The molecule has 1 aromatic rings. The van der Waals surface area contributed by atoms with Gasteiger partial charge in [-0.25, -0.2) is 4.79 Å². The molecule has 5 nitrogen and oxygen atoms in total. The number of nitrogens with one attached hydrogen (secondary N) is 1. The molecule has 0 aliphatic carbocycles. The molecule has 126 valence electrons. The van der Waals surface area contributed by atoms with E-state index in [4.69, 9.17) is 4.74 Å². The molecule has 1 heterocycles. The summed E-state index contributed by atoms with van der Waals surface area (Å²) in [6.45, 7) is 4.50. The third kappa shape index (κ3) is 4.65. The van der Waals surface area contributed by atoms with Crippen molar-refractivity contribution in [3.05, 3.63) is 48.2 Å². The van der Waals surface area contributed by atoms with E-state index in [1.165, 1.54) is 0 Å². The number of piperidine rings is 1. The van der Waals surface area contributed by atoms with Gasteiger partial charge in [0.15, 0.2) is 0 Å². The Morgan fingerprint density at radius 3 is 2.78 bits per heavy atom. The van der Waals surface area contributed by atoms with Crippen LogP contribution in [0.2, 0.25) is 0 Å². The normalized spacial score (nSPS) is 24.9. The number of carbonyl (C=O) groups is 1. The molecule has 1 saturated heterocycles. The molecule has 2 N–H and O–H groups in total. The van der Waals surface area contributed by atoms with E-state index < -0.39 is 11.0 Å². The topological polar surface area (TPSA) is 61.8 Å². The zero-order valence-electron chi connectivity index (χ0n) is 13.6. The summed E-state index contributed by atoms with van der Waals surface area (Å²) < 4.78 is 5.32. The molecule has 1 amide bonds. The molecule has 1 fully saturated rings. The Balaban J connectivity index is 1.91. The molecular weight excluding hydrogens is 312 g/mol. The van der Waals surface area contributed by atoms with Gasteiger partial charge in [-0.3, -0.25) is 4.90 Å². The Morgan fingerprint density at radius 2 is 2.22 bits per heavy atom. The first-order valence-corrected chi connectivity index (χ1v) is 8.80. The van der Waals surface area contributed by atoms with Crippen molar-refractivity contribution in [2.75, 3.05) is 19.8 Å². The van der Waals surface area contributed by atoms with Gasteiger partial charge in [0, 0.05) is 6.54 Å². The predicted octanol–water partition coefficient (Wildman–Crippen LogP) is 3.14. The Morgan fingerprint density at radius 1 is 1.52 bits per heavy atom. The van der Waals surface area contributed by atoms with Crippen molar-refractivity contribution in [1.82, 2.24) is 10.2 Å². The number of aliphatic hydroxyl groups excluding tert-OH is 1. The van der Waals surface area contributed by atoms with Crippen LogP contribution in [-0.2, 0) is 11.3 Å². The maximum atomic E-state index is 12.1. The van der Waals surface area contributed by atoms with Gasteiger partial charge in [0.25, 0.3) is 0 Å². The van der Waals surface area contributed by atoms with Crippen molar-refractivity contribution in [3.63, 3.8) is 0 Å². The number of nitrogens with zero attached hydrogens (tertiary/aromatic N) is 1. The van der Waals surface area contributed by atoms with E-state index in [1.54, 1.807) is 11.8 Å². The molecule has 2 rings (SSSR count). The van der Waals surface area contributed by atoms with Crippen LogP contribution in [0.15, 0.2) is 42.7 Å². The predicted molar refractivity (Wildman–Crippen MR) is 93.4 cm³/mol. The lowest BCUT2D eigenvalue weighted by atomic mass is 9.97. The number of amides is 1. The largest absolute Gasteiger partial charge is 0.511 e. The minimum atomic E-state index is -0.419. The Hall–Kier alpha value is -1.66. The highest BCUT2D eigenvalue weighted by atomic mass is 32.2. The molecule has 0 saturated carbocycles. The number of hydrogen-bond donors (Lipinski definition) is 2. The van der Waals surface area contributed by atoms with Crippen LogP contribution in [0.5, 0.6) is 0 Å². The minimum Gasteiger partial charge on any atom is -0.511 e. The first kappa shape index (κ1) is 17.7. The van der Waals surface area contributed by atoms with Gasteiger partial charge in [-0.15, -0.1) is 11.8 Å². The fourth-order valence-electron chi connectivity index (χ4n) is 2.87. The van der Waals surface area contributed by atoms with Gasteiger partial charge in [-0.2, -0.15) is 0 Å². The number of ether oxygens (including phenoxy) is 1. The van der Waals surface area contributed by atoms with Crippen LogP contribution >= 0.6 is 11.8 Å². The third-order valence-electron chi connectivity index (χ3n) is 4.18. The van der Waals surface area contributed by atoms with Gasteiger partial charge in [0.2, 0.25) is 0 Å². The number of benzene rings is 1. The maximum absolute atomic E-state index is 12.1. The minimum absolute atomic E-state index is 0.0579. The lowest BCUT2D eigenvalue weighted by Crippen LogP contribution is -2.58. The van der Waals surface area contributed by atoms with E-state index in [0.29, 0.717) is 6.54 Å². The second-order valence-corrected chi connectivity index (χ2v) is 7.04. The summed E-state index contributed by atoms with van der Waals surface area (Å²) in [4.78, 5) is 13.7.